The van der Waals surface area contributed by atoms with E-state index in [1.54, 1.807) is 36.4 Å². The van der Waals surface area contributed by atoms with Crippen LogP contribution < -0.4 is 9.47 Å². The van der Waals surface area contributed by atoms with Gasteiger partial charge < -0.3 is 14.2 Å². The van der Waals surface area contributed by atoms with Crippen molar-refractivity contribution < 1.29 is 19.0 Å². The van der Waals surface area contributed by atoms with Crippen LogP contribution in [0, 0.1) is 45.3 Å². The summed E-state index contributed by atoms with van der Waals surface area (Å²) in [4.78, 5) is 25.6. The van der Waals surface area contributed by atoms with Crippen molar-refractivity contribution in [3.05, 3.63) is 60.2 Å². The number of nitriles is 4. The van der Waals surface area contributed by atoms with Crippen molar-refractivity contribution in [2.75, 3.05) is 14.2 Å². The molecule has 0 aliphatic heterocycles. The van der Waals surface area contributed by atoms with Crippen molar-refractivity contribution >= 4 is 104 Å². The second kappa shape index (κ2) is 13.8. The van der Waals surface area contributed by atoms with Crippen LogP contribution in [0.15, 0.2) is 64.6 Å². The minimum absolute atomic E-state index is 0.0399. The summed E-state index contributed by atoms with van der Waals surface area (Å²) in [6, 6.07) is 23.6. The average Bonchev–Trinajstić information content (AvgIpc) is 3.99. The smallest absolute Gasteiger partial charge is 0.452 e. The molecule has 7 aromatic rings. The zero-order chi connectivity index (χ0) is 35.6. The summed E-state index contributed by atoms with van der Waals surface area (Å²) in [6.07, 6.45) is -0.747. The van der Waals surface area contributed by atoms with Crippen molar-refractivity contribution in [3.63, 3.8) is 0 Å². The molecule has 51 heavy (non-hydrogen) atoms. The second-order valence-electron chi connectivity index (χ2n) is 10.3. The van der Waals surface area contributed by atoms with Crippen LogP contribution in [0.25, 0.3) is 50.7 Å². The number of benzene rings is 2. The van der Waals surface area contributed by atoms with E-state index >= 15 is 0 Å². The molecule has 0 saturated carbocycles. The highest BCUT2D eigenvalue weighted by atomic mass is 32.1. The zero-order valence-corrected chi connectivity index (χ0v) is 29.5. The molecular weight excluding hydrogens is 727 g/mol. The Kier molecular flexibility index (Phi) is 8.94. The SMILES string of the molecule is COc1cc(N=C(C#N)C#N)sc1-c1cc2c3nn(C(=O)OCc4ccccc4)nc3c3cc(-c4sc(N=C(C#N)C#N)cc4OC)sc3c2s1. The maximum Gasteiger partial charge on any atom is 0.452 e. The van der Waals surface area contributed by atoms with E-state index in [-0.39, 0.29) is 18.0 Å². The highest BCUT2D eigenvalue weighted by Gasteiger charge is 2.25. The molecule has 0 aliphatic carbocycles. The van der Waals surface area contributed by atoms with Crippen LogP contribution >= 0.6 is 45.3 Å². The summed E-state index contributed by atoms with van der Waals surface area (Å²) in [5, 5.41) is 48.5. The number of methoxy groups -OCH3 is 2. The molecule has 0 aliphatic rings. The molecule has 0 saturated heterocycles. The lowest BCUT2D eigenvalue weighted by molar-refractivity contribution is 0.134. The quantitative estimate of drug-likeness (QED) is 0.136. The molecule has 0 spiro atoms. The van der Waals surface area contributed by atoms with Crippen molar-refractivity contribution in [1.82, 2.24) is 15.0 Å². The molecular formula is C34H17N9O4S4. The summed E-state index contributed by atoms with van der Waals surface area (Å²) in [5.41, 5.74) is 1.21. The van der Waals surface area contributed by atoms with Crippen LogP contribution in [0.3, 0.4) is 0 Å². The molecule has 0 unspecified atom stereocenters. The first kappa shape index (κ1) is 33.0. The number of carbonyl (C=O) groups is 1. The highest BCUT2D eigenvalue weighted by Crippen LogP contribution is 2.52. The molecule has 5 aromatic heterocycles. The predicted octanol–water partition coefficient (Wildman–Crippen LogP) is 8.76. The van der Waals surface area contributed by atoms with Gasteiger partial charge in [-0.2, -0.15) is 21.0 Å². The maximum atomic E-state index is 13.2. The molecule has 7 rings (SSSR count). The van der Waals surface area contributed by atoms with E-state index in [9.17, 15) is 25.8 Å². The molecule has 0 N–H and O–H groups in total. The van der Waals surface area contributed by atoms with Crippen LogP contribution in [0.4, 0.5) is 14.8 Å². The molecule has 0 radical (unpaired) electrons. The first-order chi connectivity index (χ1) is 24.9. The van der Waals surface area contributed by atoms with E-state index in [1.807, 2.05) is 42.5 Å². The van der Waals surface area contributed by atoms with Crippen molar-refractivity contribution in [3.8, 4) is 55.3 Å². The molecule has 2 aromatic carbocycles. The van der Waals surface area contributed by atoms with Crippen molar-refractivity contribution in [1.29, 1.82) is 21.0 Å². The largest absolute Gasteiger partial charge is 0.495 e. The van der Waals surface area contributed by atoms with Gasteiger partial charge in [0.1, 0.15) is 63.4 Å². The standard InChI is InChI=1S/C34H17N9O4S4/c1-45-22-10-26(39-18(12-35)13-36)50-32(22)24-8-20-28-29(42-43(41-28)34(44)47-16-17-6-4-3-5-7-17)21-9-25(49-31(21)30(20)48-24)33-23(46-2)11-27(51-33)40-19(14-37)15-38/h3-11H,16H2,1-2H3. The number of hydrogen-bond acceptors (Lipinski definition) is 16. The lowest BCUT2D eigenvalue weighted by Gasteiger charge is -2.02. The number of thiophene rings is 4. The molecule has 0 bridgehead atoms. The number of carbonyl (C=O) groups excluding carboxylic acids is 1. The molecule has 0 atom stereocenters. The van der Waals surface area contributed by atoms with E-state index in [1.165, 1.54) is 59.6 Å². The molecule has 5 heterocycles. The minimum atomic E-state index is -0.747. The Bertz CT molecular complexity index is 2570. The fourth-order valence-corrected chi connectivity index (χ4v) is 9.77. The van der Waals surface area contributed by atoms with E-state index in [4.69, 9.17) is 14.2 Å². The Morgan fingerprint density at radius 3 is 1.63 bits per heavy atom. The van der Waals surface area contributed by atoms with Gasteiger partial charge in [-0.3, -0.25) is 0 Å². The third kappa shape index (κ3) is 6.15. The molecule has 13 nitrogen and oxygen atoms in total. The zero-order valence-electron chi connectivity index (χ0n) is 26.2. The Labute approximate surface area is 304 Å². The Balaban J connectivity index is 1.42. The van der Waals surface area contributed by atoms with Gasteiger partial charge in [-0.15, -0.1) is 55.5 Å². The first-order valence-electron chi connectivity index (χ1n) is 14.5. The van der Waals surface area contributed by atoms with Gasteiger partial charge >= 0.3 is 6.09 Å². The molecule has 17 heteroatoms. The van der Waals surface area contributed by atoms with Gasteiger partial charge in [-0.1, -0.05) is 35.1 Å². The van der Waals surface area contributed by atoms with Crippen LogP contribution in [0.1, 0.15) is 5.56 Å². The van der Waals surface area contributed by atoms with Gasteiger partial charge in [0.2, 0.25) is 11.4 Å². The maximum absolute atomic E-state index is 13.2. The van der Waals surface area contributed by atoms with Crippen molar-refractivity contribution in [2.45, 2.75) is 6.61 Å². The van der Waals surface area contributed by atoms with Gasteiger partial charge in [0.05, 0.1) is 33.4 Å². The van der Waals surface area contributed by atoms with E-state index in [2.05, 4.69) is 20.2 Å². The van der Waals surface area contributed by atoms with Gasteiger partial charge in [0.25, 0.3) is 0 Å². The Hall–Kier alpha value is -6.47. The fourth-order valence-electron chi connectivity index (χ4n) is 5.07. The van der Waals surface area contributed by atoms with E-state index in [0.717, 1.165) is 50.0 Å². The van der Waals surface area contributed by atoms with Gasteiger partial charge in [-0.05, 0) is 17.7 Å². The normalized spacial score (nSPS) is 10.6. The topological polar surface area (TPSA) is 195 Å². The summed E-state index contributed by atoms with van der Waals surface area (Å²) >= 11 is 5.49. The van der Waals surface area contributed by atoms with Crippen molar-refractivity contribution in [2.24, 2.45) is 9.98 Å². The van der Waals surface area contributed by atoms with Gasteiger partial charge in [-0.25, -0.2) is 14.8 Å². The summed E-state index contributed by atoms with van der Waals surface area (Å²) in [6.45, 7) is 0.0399. The first-order valence-corrected chi connectivity index (χ1v) is 17.8. The number of aromatic nitrogens is 3. The van der Waals surface area contributed by atoms with Crippen LogP contribution in [-0.2, 0) is 11.3 Å². The summed E-state index contributed by atoms with van der Waals surface area (Å²) < 4.78 is 18.6. The number of ether oxygens (including phenoxy) is 3. The number of fused-ring (bicyclic) bond motifs is 6. The summed E-state index contributed by atoms with van der Waals surface area (Å²) in [7, 11) is 3.05. The van der Waals surface area contributed by atoms with E-state index < -0.39 is 6.09 Å². The molecule has 0 amide bonds. The number of hydrogen-bond donors (Lipinski definition) is 0. The minimum Gasteiger partial charge on any atom is -0.495 e. The van der Waals surface area contributed by atoms with E-state index in [0.29, 0.717) is 32.5 Å². The second-order valence-corrected chi connectivity index (χ2v) is 14.4. The predicted molar refractivity (Wildman–Crippen MR) is 197 cm³/mol. The number of aliphatic imine (C=N–C) groups is 2. The third-order valence-electron chi connectivity index (χ3n) is 7.29. The van der Waals surface area contributed by atoms with Crippen LogP contribution in [0.5, 0.6) is 11.5 Å². The Morgan fingerprint density at radius 2 is 1.20 bits per heavy atom. The van der Waals surface area contributed by atoms with Crippen LogP contribution in [0.2, 0.25) is 0 Å². The monoisotopic (exact) mass is 743 g/mol. The number of nitrogens with zero attached hydrogens (tertiary/aromatic N) is 9. The lowest BCUT2D eigenvalue weighted by Crippen LogP contribution is -2.16. The summed E-state index contributed by atoms with van der Waals surface area (Å²) in [5.74, 6) is 1.03. The molecule has 246 valence electrons. The highest BCUT2D eigenvalue weighted by molar-refractivity contribution is 7.33. The third-order valence-corrected chi connectivity index (χ3v) is 12.1. The lowest BCUT2D eigenvalue weighted by atomic mass is 10.1. The average molecular weight is 744 g/mol. The molecule has 0 fully saturated rings. The Morgan fingerprint density at radius 1 is 0.725 bits per heavy atom. The van der Waals surface area contributed by atoms with Gasteiger partial charge in [0, 0.05) is 32.7 Å². The number of rotatable bonds is 8. The van der Waals surface area contributed by atoms with Crippen LogP contribution in [-0.4, -0.2) is 46.7 Å². The fraction of sp³-hybridized carbons (Fsp3) is 0.0882. The van der Waals surface area contributed by atoms with Gasteiger partial charge in [0.15, 0.2) is 0 Å².